The molecule has 4 N–H and O–H groups in total. The number of imidazole rings is 2. The molecule has 3 aliphatic heterocycles. The van der Waals surface area contributed by atoms with Gasteiger partial charge in [0.15, 0.2) is 10.3 Å². The lowest BCUT2D eigenvalue weighted by Crippen LogP contribution is -2.54. The van der Waals surface area contributed by atoms with Crippen LogP contribution in [-0.4, -0.2) is 105 Å². The van der Waals surface area contributed by atoms with Crippen LogP contribution in [0.3, 0.4) is 0 Å². The molecule has 0 radical (unpaired) electrons. The third-order valence-corrected chi connectivity index (χ3v) is 13.3. The van der Waals surface area contributed by atoms with Gasteiger partial charge in [0.25, 0.3) is 0 Å². The van der Waals surface area contributed by atoms with E-state index in [1.165, 1.54) is 14.2 Å². The smallest absolute Gasteiger partial charge is 0.407 e. The van der Waals surface area contributed by atoms with Crippen molar-refractivity contribution in [2.45, 2.75) is 81.7 Å². The molecule has 59 heavy (non-hydrogen) atoms. The number of methoxy groups -OCH3 is 2. The van der Waals surface area contributed by atoms with Crippen LogP contribution < -0.4 is 10.6 Å². The molecule has 17 heteroatoms. The Morgan fingerprint density at radius 1 is 0.695 bits per heavy atom. The number of nitrogens with one attached hydrogen (secondary N) is 4. The molecule has 2 aromatic heterocycles. The predicted molar refractivity (Wildman–Crippen MR) is 217 cm³/mol. The minimum atomic E-state index is -0.741. The number of likely N-dealkylation sites (tertiary alicyclic amines) is 2. The van der Waals surface area contributed by atoms with Crippen molar-refractivity contribution >= 4 is 47.2 Å². The van der Waals surface area contributed by atoms with E-state index in [0.29, 0.717) is 71.2 Å². The number of aromatic amines is 2. The number of rotatable bonds is 10. The summed E-state index contributed by atoms with van der Waals surface area (Å²) in [5.41, 5.74) is 5.03. The van der Waals surface area contributed by atoms with Crippen molar-refractivity contribution in [2.75, 3.05) is 27.4 Å². The van der Waals surface area contributed by atoms with E-state index < -0.39 is 24.3 Å². The molecule has 9 rings (SSSR count). The lowest BCUT2D eigenvalue weighted by atomic mass is 9.90. The molecule has 8 atom stereocenters. The number of carbonyl (C=O) groups excluding carboxylic acids is 4. The third-order valence-electron chi connectivity index (χ3n) is 12.7. The van der Waals surface area contributed by atoms with Crippen LogP contribution in [0.5, 0.6) is 0 Å². The standard InChI is InChI=1S/C42H46Cl2N8O7/c1-20(45-41(55)57-2)39(53)51-28-16-26(28)18-30(51)37-46-32(35(43)49-37)23-8-4-21(5-9-23)22-6-10-24(11-7-22)33-36(44)50-38(47-33)31-19-27-17-29(27)52(31)40(54)34(48-42(56)58-3)25-12-14-59-15-13-25/h4-11,20,25-31,34H,12-19H2,1-3H3,(H,45,55)(H,46,49)(H,47,50)(H,48,56)/t20-,26?,27?,28?,29?,30-,31-,34-/m0/s1. The monoisotopic (exact) mass is 844 g/mol. The second-order valence-electron chi connectivity index (χ2n) is 16.3. The summed E-state index contributed by atoms with van der Waals surface area (Å²) in [5.74, 6) is 1.67. The summed E-state index contributed by atoms with van der Waals surface area (Å²) in [6.07, 6.45) is 3.48. The number of alkyl carbamates (subject to hydrolysis) is 2. The fourth-order valence-corrected chi connectivity index (χ4v) is 9.92. The molecule has 4 unspecified atom stereocenters. The van der Waals surface area contributed by atoms with E-state index in [1.54, 1.807) is 6.92 Å². The number of hydrogen-bond donors (Lipinski definition) is 4. The highest BCUT2D eigenvalue weighted by Gasteiger charge is 2.57. The van der Waals surface area contributed by atoms with Gasteiger partial charge in [0.2, 0.25) is 11.8 Å². The summed E-state index contributed by atoms with van der Waals surface area (Å²) < 4.78 is 15.1. The largest absolute Gasteiger partial charge is 0.453 e. The number of ether oxygens (including phenoxy) is 3. The molecule has 0 bridgehead atoms. The average molecular weight is 846 g/mol. The molecular weight excluding hydrogens is 799 g/mol. The van der Waals surface area contributed by atoms with E-state index in [4.69, 9.17) is 37.7 Å². The average Bonchev–Trinajstić information content (AvgIpc) is 3.97. The zero-order valence-electron chi connectivity index (χ0n) is 32.9. The summed E-state index contributed by atoms with van der Waals surface area (Å²) in [6.45, 7) is 2.74. The van der Waals surface area contributed by atoms with Gasteiger partial charge < -0.3 is 44.6 Å². The maximum absolute atomic E-state index is 14.2. The highest BCUT2D eigenvalue weighted by atomic mass is 35.5. The number of amides is 4. The van der Waals surface area contributed by atoms with Crippen molar-refractivity contribution in [2.24, 2.45) is 17.8 Å². The first-order valence-corrected chi connectivity index (χ1v) is 20.9. The highest BCUT2D eigenvalue weighted by molar-refractivity contribution is 6.32. The Morgan fingerprint density at radius 3 is 1.61 bits per heavy atom. The van der Waals surface area contributed by atoms with Crippen molar-refractivity contribution < 1.29 is 33.4 Å². The second kappa shape index (κ2) is 15.8. The van der Waals surface area contributed by atoms with E-state index >= 15 is 0 Å². The maximum Gasteiger partial charge on any atom is 0.407 e. The number of halogens is 2. The number of hydrogen-bond acceptors (Lipinski definition) is 9. The van der Waals surface area contributed by atoms with Gasteiger partial charge in [-0.15, -0.1) is 0 Å². The Morgan fingerprint density at radius 2 is 1.14 bits per heavy atom. The number of carbonyl (C=O) groups is 4. The number of aromatic nitrogens is 4. The van der Waals surface area contributed by atoms with Gasteiger partial charge in [-0.1, -0.05) is 71.7 Å². The SMILES string of the molecule is COC(=O)N[C@@H](C)C(=O)N1C2CC2C[C@H]1c1nc(Cl)c(-c2ccc(-c3ccc(-c4[nH]c([C@@H]5CC6CC6N5C(=O)[C@@H](NC(=O)OC)C5CCOCC5)nc4Cl)cc3)cc2)[nH]1. The fraction of sp³-hybridized carbons (Fsp3) is 0.476. The van der Waals surface area contributed by atoms with E-state index in [1.807, 2.05) is 58.3 Å². The Bertz CT molecular complexity index is 2260. The lowest BCUT2D eigenvalue weighted by Gasteiger charge is -2.35. The molecule has 3 saturated heterocycles. The number of H-pyrrole nitrogens is 2. The summed E-state index contributed by atoms with van der Waals surface area (Å²) in [6, 6.07) is 14.2. The van der Waals surface area contributed by atoms with Crippen LogP contribution in [0, 0.1) is 17.8 Å². The quantitative estimate of drug-likeness (QED) is 0.136. The van der Waals surface area contributed by atoms with Crippen molar-refractivity contribution in [3.05, 3.63) is 70.5 Å². The van der Waals surface area contributed by atoms with Crippen LogP contribution in [0.2, 0.25) is 10.3 Å². The molecule has 2 aliphatic carbocycles. The Labute approximate surface area is 350 Å². The predicted octanol–water partition coefficient (Wildman–Crippen LogP) is 6.66. The van der Waals surface area contributed by atoms with Gasteiger partial charge in [0.05, 0.1) is 37.7 Å². The molecule has 2 saturated carbocycles. The number of piperidine rings is 2. The van der Waals surface area contributed by atoms with Gasteiger partial charge in [0, 0.05) is 36.4 Å². The molecule has 15 nitrogen and oxygen atoms in total. The summed E-state index contributed by atoms with van der Waals surface area (Å²) >= 11 is 13.5. The zero-order chi connectivity index (χ0) is 41.1. The van der Waals surface area contributed by atoms with E-state index in [-0.39, 0.29) is 41.9 Å². The number of fused-ring (bicyclic) bond motifs is 2. The van der Waals surface area contributed by atoms with E-state index in [2.05, 4.69) is 30.3 Å². The van der Waals surface area contributed by atoms with Crippen LogP contribution in [0.25, 0.3) is 33.6 Å². The van der Waals surface area contributed by atoms with Crippen LogP contribution in [0.1, 0.15) is 69.2 Å². The van der Waals surface area contributed by atoms with Gasteiger partial charge >= 0.3 is 12.2 Å². The van der Waals surface area contributed by atoms with E-state index in [9.17, 15) is 19.2 Å². The van der Waals surface area contributed by atoms with Gasteiger partial charge in [-0.25, -0.2) is 19.6 Å². The number of benzene rings is 2. The maximum atomic E-state index is 14.2. The minimum Gasteiger partial charge on any atom is -0.453 e. The van der Waals surface area contributed by atoms with Gasteiger partial charge in [0.1, 0.15) is 23.7 Å². The highest BCUT2D eigenvalue weighted by Crippen LogP contribution is 2.55. The summed E-state index contributed by atoms with van der Waals surface area (Å²) in [7, 11) is 2.57. The van der Waals surface area contributed by atoms with Crippen molar-refractivity contribution in [3.63, 3.8) is 0 Å². The first-order chi connectivity index (χ1) is 28.5. The normalized spacial score (nSPS) is 25.4. The summed E-state index contributed by atoms with van der Waals surface area (Å²) in [5, 5.41) is 6.05. The van der Waals surface area contributed by atoms with Gasteiger partial charge in [-0.05, 0) is 74.3 Å². The minimum absolute atomic E-state index is 0.0543. The fourth-order valence-electron chi connectivity index (χ4n) is 9.43. The van der Waals surface area contributed by atoms with Crippen LogP contribution in [0.15, 0.2) is 48.5 Å². The number of nitrogens with zero attached hydrogens (tertiary/aromatic N) is 4. The molecule has 4 amide bonds. The van der Waals surface area contributed by atoms with Crippen molar-refractivity contribution in [1.82, 2.24) is 40.4 Å². The molecule has 0 spiro atoms. The topological polar surface area (TPSA) is 184 Å². The summed E-state index contributed by atoms with van der Waals surface area (Å²) in [4.78, 5) is 71.7. The van der Waals surface area contributed by atoms with Crippen LogP contribution in [0.4, 0.5) is 9.59 Å². The van der Waals surface area contributed by atoms with Crippen LogP contribution >= 0.6 is 23.2 Å². The van der Waals surface area contributed by atoms with Gasteiger partial charge in [-0.2, -0.15) is 0 Å². The molecular formula is C42H46Cl2N8O7. The molecule has 5 heterocycles. The van der Waals surface area contributed by atoms with Crippen LogP contribution in [-0.2, 0) is 23.8 Å². The molecule has 4 aromatic rings. The van der Waals surface area contributed by atoms with Crippen molar-refractivity contribution in [3.8, 4) is 33.6 Å². The molecule has 2 aromatic carbocycles. The third kappa shape index (κ3) is 7.52. The molecule has 5 aliphatic rings. The van der Waals surface area contributed by atoms with Gasteiger partial charge in [-0.3, -0.25) is 9.59 Å². The molecule has 5 fully saturated rings. The first-order valence-electron chi connectivity index (χ1n) is 20.2. The second-order valence-corrected chi connectivity index (χ2v) is 17.0. The van der Waals surface area contributed by atoms with E-state index in [0.717, 1.165) is 47.9 Å². The molecule has 310 valence electrons. The van der Waals surface area contributed by atoms with Crippen molar-refractivity contribution in [1.29, 1.82) is 0 Å². The Hall–Kier alpha value is -5.12. The Kier molecular flexibility index (Phi) is 10.5. The lowest BCUT2D eigenvalue weighted by molar-refractivity contribution is -0.138. The first kappa shape index (κ1) is 39.3. The zero-order valence-corrected chi connectivity index (χ0v) is 34.4. The Balaban J connectivity index is 0.887.